The summed E-state index contributed by atoms with van der Waals surface area (Å²) in [6, 6.07) is 0.782. The predicted octanol–water partition coefficient (Wildman–Crippen LogP) is 2.69. The van der Waals surface area contributed by atoms with Crippen LogP contribution in [0.2, 0.25) is 11.1 Å². The van der Waals surface area contributed by atoms with Crippen molar-refractivity contribution in [1.29, 1.82) is 0 Å². The summed E-state index contributed by atoms with van der Waals surface area (Å²) >= 11 is 0. The van der Waals surface area contributed by atoms with E-state index in [9.17, 15) is 0 Å². The zero-order chi connectivity index (χ0) is 10.1. The minimum absolute atomic E-state index is 0.782. The fraction of sp³-hybridized carbons (Fsp3) is 1.00. The largest absolute Gasteiger partial charge is 0.306 e. The highest BCUT2D eigenvalue weighted by Gasteiger charge is 2.81. The smallest absolute Gasteiger partial charge is 0.171 e. The molecule has 3 heterocycles. The first-order valence-electron chi connectivity index (χ1n) is 6.32. The van der Waals surface area contributed by atoms with E-state index in [1.807, 2.05) is 0 Å². The van der Waals surface area contributed by atoms with Crippen molar-refractivity contribution in [2.75, 3.05) is 6.54 Å². The minimum Gasteiger partial charge on any atom is -0.306 e. The molecule has 0 aromatic carbocycles. The standard InChI is InChI=1S/C12H22BN/c1-8(2)5-12-6-11-13(12)10(12)7-14(11)9(3)4/h8-11H,5-7H2,1-4H3. The number of rotatable bonds is 3. The number of fused-ring (bicyclic) bond motifs is 1. The van der Waals surface area contributed by atoms with Gasteiger partial charge in [0, 0.05) is 6.04 Å². The average Bonchev–Trinajstić information content (AvgIpc) is 2.39. The molecule has 0 aromatic rings. The van der Waals surface area contributed by atoms with E-state index in [1.54, 1.807) is 0 Å². The van der Waals surface area contributed by atoms with E-state index >= 15 is 0 Å². The molecule has 0 amide bonds. The van der Waals surface area contributed by atoms with Crippen LogP contribution in [0.5, 0.6) is 0 Å². The molecule has 3 aliphatic heterocycles. The Bertz CT molecular complexity index is 257. The second-order valence-electron chi connectivity index (χ2n) is 6.53. The second kappa shape index (κ2) is 2.58. The van der Waals surface area contributed by atoms with Gasteiger partial charge < -0.3 is 4.90 Å². The number of nitrogens with zero attached hydrogens (tertiary/aromatic N) is 1. The van der Waals surface area contributed by atoms with Gasteiger partial charge in [-0.2, -0.15) is 0 Å². The topological polar surface area (TPSA) is 3.24 Å². The van der Waals surface area contributed by atoms with Crippen LogP contribution in [-0.4, -0.2) is 30.1 Å². The monoisotopic (exact) mass is 191 g/mol. The van der Waals surface area contributed by atoms with Gasteiger partial charge in [0.05, 0.1) is 0 Å². The van der Waals surface area contributed by atoms with Crippen molar-refractivity contribution in [2.45, 2.75) is 63.7 Å². The lowest BCUT2D eigenvalue weighted by molar-refractivity contribution is 0.141. The minimum atomic E-state index is 0.782. The zero-order valence-corrected chi connectivity index (χ0v) is 9.96. The molecule has 0 aromatic heterocycles. The van der Waals surface area contributed by atoms with Gasteiger partial charge in [0.15, 0.2) is 6.71 Å². The Morgan fingerprint density at radius 2 is 2.07 bits per heavy atom. The normalized spacial score (nSPS) is 44.6. The van der Waals surface area contributed by atoms with Gasteiger partial charge >= 0.3 is 0 Å². The lowest BCUT2D eigenvalue weighted by Gasteiger charge is -2.46. The summed E-state index contributed by atoms with van der Waals surface area (Å²) in [5.41, 5.74) is 0. The van der Waals surface area contributed by atoms with Crippen LogP contribution >= 0.6 is 0 Å². The molecule has 1 nitrogen and oxygen atoms in total. The molecule has 3 atom stereocenters. The van der Waals surface area contributed by atoms with Gasteiger partial charge in [0.1, 0.15) is 0 Å². The highest BCUT2D eigenvalue weighted by Crippen LogP contribution is 2.82. The lowest BCUT2D eigenvalue weighted by Crippen LogP contribution is -2.51. The third-order valence-electron chi connectivity index (χ3n) is 5.02. The molecule has 0 aliphatic carbocycles. The molecule has 0 N–H and O–H groups in total. The number of piperidine rings is 1. The highest BCUT2D eigenvalue weighted by molar-refractivity contribution is 6.82. The van der Waals surface area contributed by atoms with E-state index in [2.05, 4.69) is 32.6 Å². The molecule has 14 heavy (non-hydrogen) atoms. The van der Waals surface area contributed by atoms with Gasteiger partial charge in [-0.3, -0.25) is 0 Å². The van der Waals surface area contributed by atoms with Gasteiger partial charge in [0.2, 0.25) is 0 Å². The molecular weight excluding hydrogens is 169 g/mol. The van der Waals surface area contributed by atoms with Crippen LogP contribution in [0.25, 0.3) is 0 Å². The van der Waals surface area contributed by atoms with Gasteiger partial charge in [0.25, 0.3) is 0 Å². The van der Waals surface area contributed by atoms with Crippen molar-refractivity contribution in [3.8, 4) is 0 Å². The Kier molecular flexibility index (Phi) is 1.71. The molecule has 0 saturated carbocycles. The maximum absolute atomic E-state index is 2.75. The first-order chi connectivity index (χ1) is 6.56. The van der Waals surface area contributed by atoms with Crippen LogP contribution in [0.4, 0.5) is 0 Å². The van der Waals surface area contributed by atoms with Crippen molar-refractivity contribution >= 4 is 6.71 Å². The Morgan fingerprint density at radius 1 is 1.36 bits per heavy atom. The van der Waals surface area contributed by atoms with Crippen LogP contribution in [-0.2, 0) is 0 Å². The van der Waals surface area contributed by atoms with Gasteiger partial charge in [-0.05, 0) is 49.8 Å². The molecule has 3 rings (SSSR count). The van der Waals surface area contributed by atoms with E-state index < -0.39 is 0 Å². The number of hydrogen-bond donors (Lipinski definition) is 0. The van der Waals surface area contributed by atoms with Crippen molar-refractivity contribution in [3.05, 3.63) is 0 Å². The fourth-order valence-electron chi connectivity index (χ4n) is 4.61. The first kappa shape index (κ1) is 9.27. The summed E-state index contributed by atoms with van der Waals surface area (Å²) in [7, 11) is 0. The number of hydrogen-bond acceptors (Lipinski definition) is 1. The summed E-state index contributed by atoms with van der Waals surface area (Å²) in [6.07, 6.45) is 3.03. The third-order valence-corrected chi connectivity index (χ3v) is 5.02. The summed E-state index contributed by atoms with van der Waals surface area (Å²) in [5, 5.41) is 0.851. The predicted molar refractivity (Wildman–Crippen MR) is 61.9 cm³/mol. The van der Waals surface area contributed by atoms with Crippen LogP contribution < -0.4 is 0 Å². The molecule has 3 saturated heterocycles. The molecule has 3 unspecified atom stereocenters. The van der Waals surface area contributed by atoms with E-state index in [4.69, 9.17) is 0 Å². The van der Waals surface area contributed by atoms with Crippen LogP contribution in [0.1, 0.15) is 40.5 Å². The van der Waals surface area contributed by atoms with Crippen LogP contribution in [0, 0.1) is 5.92 Å². The summed E-state index contributed by atoms with van der Waals surface area (Å²) in [4.78, 5) is 2.75. The van der Waals surface area contributed by atoms with Crippen LogP contribution in [0.3, 0.4) is 0 Å². The molecule has 78 valence electrons. The summed E-state index contributed by atoms with van der Waals surface area (Å²) < 4.78 is 0. The Labute approximate surface area is 88.3 Å². The van der Waals surface area contributed by atoms with E-state index in [-0.39, 0.29) is 0 Å². The van der Waals surface area contributed by atoms with Crippen molar-refractivity contribution in [2.24, 2.45) is 5.92 Å². The SMILES string of the molecule is CC(C)CC12CC3B1C2CN3C(C)C. The molecule has 3 aliphatic rings. The molecule has 0 spiro atoms. The van der Waals surface area contributed by atoms with Crippen LogP contribution in [0.15, 0.2) is 0 Å². The molecule has 2 heteroatoms. The van der Waals surface area contributed by atoms with E-state index in [0.717, 1.165) is 35.7 Å². The Hall–Kier alpha value is 0.0249. The molecule has 0 radical (unpaired) electrons. The van der Waals surface area contributed by atoms with E-state index in [0.29, 0.717) is 0 Å². The fourth-order valence-corrected chi connectivity index (χ4v) is 4.61. The average molecular weight is 191 g/mol. The maximum Gasteiger partial charge on any atom is 0.171 e. The van der Waals surface area contributed by atoms with Crippen molar-refractivity contribution in [3.63, 3.8) is 0 Å². The molecule has 0 bridgehead atoms. The lowest BCUT2D eigenvalue weighted by atomic mass is 9.41. The third kappa shape index (κ3) is 0.912. The van der Waals surface area contributed by atoms with Gasteiger partial charge in [-0.15, -0.1) is 0 Å². The van der Waals surface area contributed by atoms with Gasteiger partial charge in [-0.1, -0.05) is 20.3 Å². The number of likely N-dealkylation sites (tertiary alicyclic amines) is 1. The molecule has 3 fully saturated rings. The van der Waals surface area contributed by atoms with Crippen molar-refractivity contribution < 1.29 is 0 Å². The Balaban J connectivity index is 1.67. The van der Waals surface area contributed by atoms with E-state index in [1.165, 1.54) is 19.4 Å². The Morgan fingerprint density at radius 3 is 2.43 bits per heavy atom. The highest BCUT2D eigenvalue weighted by atomic mass is 15.2. The second-order valence-corrected chi connectivity index (χ2v) is 6.53. The molecular formula is C12H22BN. The van der Waals surface area contributed by atoms with Gasteiger partial charge in [-0.25, -0.2) is 0 Å². The summed E-state index contributed by atoms with van der Waals surface area (Å²) in [6.45, 7) is 12.0. The maximum atomic E-state index is 2.75. The zero-order valence-electron chi connectivity index (χ0n) is 9.96. The first-order valence-corrected chi connectivity index (χ1v) is 6.32. The van der Waals surface area contributed by atoms with Crippen molar-refractivity contribution in [1.82, 2.24) is 4.90 Å². The summed E-state index contributed by atoms with van der Waals surface area (Å²) in [5.74, 6) is 2.99. The quantitative estimate of drug-likeness (QED) is 0.620.